The van der Waals surface area contributed by atoms with Gasteiger partial charge in [0.25, 0.3) is 0 Å². The van der Waals surface area contributed by atoms with Crippen LogP contribution < -0.4 is 4.74 Å². The predicted octanol–water partition coefficient (Wildman–Crippen LogP) is 12.4. The Hall–Kier alpha value is -3.27. The van der Waals surface area contributed by atoms with Gasteiger partial charge in [0.05, 0.1) is 6.61 Å². The summed E-state index contributed by atoms with van der Waals surface area (Å²) in [5.74, 6) is 0.239. The summed E-state index contributed by atoms with van der Waals surface area (Å²) in [6, 6.07) is 15.5. The predicted molar refractivity (Wildman–Crippen MR) is 177 cm³/mol. The average molecular weight is 601 g/mol. The average Bonchev–Trinajstić information content (AvgIpc) is 3.06. The van der Waals surface area contributed by atoms with E-state index in [1.807, 2.05) is 12.1 Å². The highest BCUT2D eigenvalue weighted by molar-refractivity contribution is 5.74. The van der Waals surface area contributed by atoms with Gasteiger partial charge < -0.3 is 4.74 Å². The minimum Gasteiger partial charge on any atom is -0.490 e. The molecule has 2 aliphatic rings. The lowest BCUT2D eigenvalue weighted by atomic mass is 9.70. The Kier molecular flexibility index (Phi) is 11.4. The van der Waals surface area contributed by atoms with Gasteiger partial charge >= 0.3 is 0 Å². The zero-order valence-corrected chi connectivity index (χ0v) is 26.4. The molecule has 0 amide bonds. The minimum absolute atomic E-state index is 0.0666. The molecule has 0 spiro atoms. The maximum absolute atomic E-state index is 15.4. The van der Waals surface area contributed by atoms with Crippen molar-refractivity contribution in [3.05, 3.63) is 95.8 Å². The zero-order chi connectivity index (χ0) is 30.9. The largest absolute Gasteiger partial charge is 0.490 e. The summed E-state index contributed by atoms with van der Waals surface area (Å²) in [5, 5.41) is 0. The molecule has 3 aromatic rings. The number of halogens is 3. The third-order valence-electron chi connectivity index (χ3n) is 9.89. The molecular formula is C40H47F3O. The standard InChI is InChI=1S/C40H47F3O/c1-3-5-7-9-28-10-12-29(13-11-28)30-14-16-31(17-15-30)34-22-23-35(37(41)27-34)32-18-20-33(21-19-32)36-24-25-38(40(43)39(36)42)44-26-8-6-4-2/h3,5,16,18-25,27-30H,4,6-15,17,26H2,1-2H3/b5-3+. The molecule has 0 saturated heterocycles. The zero-order valence-electron chi connectivity index (χ0n) is 26.4. The maximum atomic E-state index is 15.4. The molecule has 0 N–H and O–H groups in total. The van der Waals surface area contributed by atoms with Crippen molar-refractivity contribution in [3.8, 4) is 28.0 Å². The van der Waals surface area contributed by atoms with Gasteiger partial charge in [-0.3, -0.25) is 0 Å². The van der Waals surface area contributed by atoms with Crippen LogP contribution in [0.4, 0.5) is 13.2 Å². The molecule has 234 valence electrons. The van der Waals surface area contributed by atoms with Crippen molar-refractivity contribution < 1.29 is 17.9 Å². The van der Waals surface area contributed by atoms with Crippen LogP contribution in [0.2, 0.25) is 0 Å². The Bertz CT molecular complexity index is 1430. The number of ether oxygens (including phenoxy) is 1. The highest BCUT2D eigenvalue weighted by Gasteiger charge is 2.28. The lowest BCUT2D eigenvalue weighted by molar-refractivity contribution is 0.190. The van der Waals surface area contributed by atoms with E-state index in [2.05, 4.69) is 32.1 Å². The fraction of sp³-hybridized carbons (Fsp3) is 0.450. The first-order valence-electron chi connectivity index (χ1n) is 16.8. The molecule has 1 fully saturated rings. The highest BCUT2D eigenvalue weighted by Crippen LogP contribution is 2.42. The highest BCUT2D eigenvalue weighted by atomic mass is 19.2. The molecular weight excluding hydrogens is 553 g/mol. The van der Waals surface area contributed by atoms with E-state index in [1.54, 1.807) is 30.3 Å². The number of hydrogen-bond acceptors (Lipinski definition) is 1. The molecule has 0 bridgehead atoms. The van der Waals surface area contributed by atoms with Gasteiger partial charge in [-0.25, -0.2) is 8.78 Å². The molecule has 44 heavy (non-hydrogen) atoms. The van der Waals surface area contributed by atoms with Gasteiger partial charge in [0.15, 0.2) is 11.6 Å². The molecule has 4 heteroatoms. The van der Waals surface area contributed by atoms with E-state index in [4.69, 9.17) is 4.74 Å². The summed E-state index contributed by atoms with van der Waals surface area (Å²) in [6.45, 7) is 4.54. The molecule has 1 nitrogen and oxygen atoms in total. The fourth-order valence-corrected chi connectivity index (χ4v) is 7.17. The Morgan fingerprint density at radius 2 is 1.48 bits per heavy atom. The van der Waals surface area contributed by atoms with Crippen LogP contribution in [0, 0.1) is 35.2 Å². The lowest BCUT2D eigenvalue weighted by Gasteiger charge is -2.35. The Morgan fingerprint density at radius 1 is 0.773 bits per heavy atom. The summed E-state index contributed by atoms with van der Waals surface area (Å²) in [5.41, 5.74) is 4.10. The minimum atomic E-state index is -0.976. The van der Waals surface area contributed by atoms with Crippen molar-refractivity contribution in [2.45, 2.75) is 90.9 Å². The van der Waals surface area contributed by atoms with Crippen LogP contribution in [0.25, 0.3) is 27.8 Å². The van der Waals surface area contributed by atoms with E-state index in [1.165, 1.54) is 62.7 Å². The number of rotatable bonds is 12. The molecule has 0 heterocycles. The fourth-order valence-electron chi connectivity index (χ4n) is 7.17. The van der Waals surface area contributed by atoms with Crippen molar-refractivity contribution in [1.82, 2.24) is 0 Å². The molecule has 5 rings (SSSR count). The van der Waals surface area contributed by atoms with Crippen LogP contribution in [0.15, 0.2) is 72.8 Å². The third-order valence-corrected chi connectivity index (χ3v) is 9.89. The number of hydrogen-bond donors (Lipinski definition) is 0. The topological polar surface area (TPSA) is 9.23 Å². The first-order chi connectivity index (χ1) is 21.5. The molecule has 0 aromatic heterocycles. The second-order valence-electron chi connectivity index (χ2n) is 12.8. The number of allylic oxidation sites excluding steroid dienone is 4. The Balaban J connectivity index is 1.19. The van der Waals surface area contributed by atoms with Gasteiger partial charge in [0, 0.05) is 11.1 Å². The maximum Gasteiger partial charge on any atom is 0.201 e. The summed E-state index contributed by atoms with van der Waals surface area (Å²) in [6.07, 6.45) is 20.9. The van der Waals surface area contributed by atoms with E-state index in [-0.39, 0.29) is 17.1 Å². The Morgan fingerprint density at radius 3 is 2.14 bits per heavy atom. The molecule has 1 unspecified atom stereocenters. The van der Waals surface area contributed by atoms with Crippen molar-refractivity contribution in [1.29, 1.82) is 0 Å². The van der Waals surface area contributed by atoms with E-state index < -0.39 is 11.6 Å². The molecule has 3 aromatic carbocycles. The Labute approximate surface area is 262 Å². The smallest absolute Gasteiger partial charge is 0.201 e. The van der Waals surface area contributed by atoms with Crippen LogP contribution >= 0.6 is 0 Å². The second-order valence-corrected chi connectivity index (χ2v) is 12.8. The van der Waals surface area contributed by atoms with Crippen molar-refractivity contribution in [2.75, 3.05) is 6.61 Å². The van der Waals surface area contributed by atoms with Gasteiger partial charge in [-0.2, -0.15) is 4.39 Å². The number of benzene rings is 3. The first kappa shape index (κ1) is 32.1. The monoisotopic (exact) mass is 600 g/mol. The first-order valence-corrected chi connectivity index (χ1v) is 16.8. The quantitative estimate of drug-likeness (QED) is 0.148. The molecule has 0 aliphatic heterocycles. The van der Waals surface area contributed by atoms with Gasteiger partial charge in [0.1, 0.15) is 5.82 Å². The molecule has 0 radical (unpaired) electrons. The van der Waals surface area contributed by atoms with Crippen LogP contribution in [-0.2, 0) is 0 Å². The third kappa shape index (κ3) is 7.86. The van der Waals surface area contributed by atoms with Gasteiger partial charge in [0.2, 0.25) is 5.82 Å². The van der Waals surface area contributed by atoms with Crippen LogP contribution in [0.1, 0.15) is 96.5 Å². The summed E-state index contributed by atoms with van der Waals surface area (Å²) < 4.78 is 50.4. The molecule has 1 atom stereocenters. The van der Waals surface area contributed by atoms with Gasteiger partial charge in [-0.15, -0.1) is 0 Å². The lowest BCUT2D eigenvalue weighted by Crippen LogP contribution is -2.23. The van der Waals surface area contributed by atoms with Crippen molar-refractivity contribution in [3.63, 3.8) is 0 Å². The molecule has 2 aliphatic carbocycles. The summed E-state index contributed by atoms with van der Waals surface area (Å²) >= 11 is 0. The van der Waals surface area contributed by atoms with E-state index in [9.17, 15) is 8.78 Å². The van der Waals surface area contributed by atoms with E-state index in [0.717, 1.165) is 55.4 Å². The second kappa shape index (κ2) is 15.6. The summed E-state index contributed by atoms with van der Waals surface area (Å²) in [4.78, 5) is 0. The summed E-state index contributed by atoms with van der Waals surface area (Å²) in [7, 11) is 0. The van der Waals surface area contributed by atoms with Crippen molar-refractivity contribution in [2.24, 2.45) is 17.8 Å². The number of unbranched alkanes of at least 4 members (excludes halogenated alkanes) is 2. The van der Waals surface area contributed by atoms with Crippen LogP contribution in [-0.4, -0.2) is 6.61 Å². The molecule has 1 saturated carbocycles. The van der Waals surface area contributed by atoms with Crippen molar-refractivity contribution >= 4 is 5.57 Å². The van der Waals surface area contributed by atoms with Gasteiger partial charge in [-0.05, 0) is 117 Å². The van der Waals surface area contributed by atoms with Gasteiger partial charge in [-0.1, -0.05) is 87.2 Å². The van der Waals surface area contributed by atoms with Crippen LogP contribution in [0.3, 0.4) is 0 Å². The van der Waals surface area contributed by atoms with E-state index >= 15 is 4.39 Å². The normalized spacial score (nSPS) is 20.6. The van der Waals surface area contributed by atoms with Crippen LogP contribution in [0.5, 0.6) is 5.75 Å². The SMILES string of the molecule is C/C=C/CCC1CCC(C2CC=C(c3ccc(-c4ccc(-c5ccc(OCCCCC)c(F)c5F)cc4)c(F)c3)CC2)CC1. The van der Waals surface area contributed by atoms with E-state index in [0.29, 0.717) is 23.3 Å².